The third-order valence-corrected chi connectivity index (χ3v) is 6.89. The van der Waals surface area contributed by atoms with Gasteiger partial charge in [0.05, 0.1) is 24.4 Å². The van der Waals surface area contributed by atoms with E-state index < -0.39 is 0 Å². The highest BCUT2D eigenvalue weighted by Gasteiger charge is 2.42. The highest BCUT2D eigenvalue weighted by atomic mass is 32.1. The monoisotopic (exact) mass is 482 g/mol. The number of benzene rings is 2. The maximum absolute atomic E-state index is 5.90. The van der Waals surface area contributed by atoms with Gasteiger partial charge in [-0.2, -0.15) is 0 Å². The minimum absolute atomic E-state index is 0.0555. The van der Waals surface area contributed by atoms with Crippen LogP contribution >= 0.6 is 12.2 Å². The van der Waals surface area contributed by atoms with E-state index in [4.69, 9.17) is 21.9 Å². The summed E-state index contributed by atoms with van der Waals surface area (Å²) in [6, 6.07) is 25.0. The van der Waals surface area contributed by atoms with Crippen LogP contribution in [-0.4, -0.2) is 21.3 Å². The SMILES string of the molecule is CCOc1ccc(N2C(=S)N[C@H](c3ccccn3)[C@H]2c2cc(C)n(-c3cccc(C)c3)c2C)cc1. The van der Waals surface area contributed by atoms with Crippen LogP contribution < -0.4 is 15.0 Å². The number of ether oxygens (including phenoxy) is 1. The third kappa shape index (κ3) is 4.30. The van der Waals surface area contributed by atoms with E-state index in [9.17, 15) is 0 Å². The van der Waals surface area contributed by atoms with Crippen LogP contribution in [0, 0.1) is 20.8 Å². The molecule has 35 heavy (non-hydrogen) atoms. The van der Waals surface area contributed by atoms with Gasteiger partial charge in [-0.3, -0.25) is 4.98 Å². The first kappa shape index (κ1) is 23.1. The van der Waals surface area contributed by atoms with E-state index in [0.29, 0.717) is 11.7 Å². The third-order valence-electron chi connectivity index (χ3n) is 6.57. The van der Waals surface area contributed by atoms with Crippen LogP contribution in [0.3, 0.4) is 0 Å². The average molecular weight is 483 g/mol. The molecule has 1 aliphatic heterocycles. The van der Waals surface area contributed by atoms with Crippen molar-refractivity contribution >= 4 is 23.0 Å². The molecule has 2 aromatic heterocycles. The maximum atomic E-state index is 5.90. The highest BCUT2D eigenvalue weighted by molar-refractivity contribution is 7.80. The van der Waals surface area contributed by atoms with Crippen molar-refractivity contribution in [3.63, 3.8) is 0 Å². The van der Waals surface area contributed by atoms with Gasteiger partial charge in [0.2, 0.25) is 0 Å². The Morgan fingerprint density at radius 2 is 1.74 bits per heavy atom. The number of rotatable bonds is 6. The van der Waals surface area contributed by atoms with Gasteiger partial charge in [-0.25, -0.2) is 0 Å². The van der Waals surface area contributed by atoms with Gasteiger partial charge in [0.15, 0.2) is 5.11 Å². The van der Waals surface area contributed by atoms with E-state index in [1.54, 1.807) is 0 Å². The Morgan fingerprint density at radius 1 is 0.943 bits per heavy atom. The Bertz CT molecular complexity index is 1350. The van der Waals surface area contributed by atoms with Crippen LogP contribution in [0.2, 0.25) is 0 Å². The number of hydrogen-bond acceptors (Lipinski definition) is 3. The molecule has 5 nitrogen and oxygen atoms in total. The second kappa shape index (κ2) is 9.55. The van der Waals surface area contributed by atoms with Crippen LogP contribution in [0.25, 0.3) is 5.69 Å². The fourth-order valence-corrected chi connectivity index (χ4v) is 5.42. The van der Waals surface area contributed by atoms with Crippen molar-refractivity contribution in [2.24, 2.45) is 0 Å². The fourth-order valence-electron chi connectivity index (χ4n) is 5.07. The molecule has 0 radical (unpaired) electrons. The lowest BCUT2D eigenvalue weighted by Crippen LogP contribution is -2.29. The lowest BCUT2D eigenvalue weighted by atomic mass is 9.96. The Morgan fingerprint density at radius 3 is 2.43 bits per heavy atom. The van der Waals surface area contributed by atoms with Crippen molar-refractivity contribution < 1.29 is 4.74 Å². The zero-order chi connectivity index (χ0) is 24.5. The molecular weight excluding hydrogens is 452 g/mol. The van der Waals surface area contributed by atoms with Crippen LogP contribution in [-0.2, 0) is 0 Å². The van der Waals surface area contributed by atoms with Crippen molar-refractivity contribution in [2.45, 2.75) is 39.8 Å². The number of nitrogens with one attached hydrogen (secondary N) is 1. The van der Waals surface area contributed by atoms with Gasteiger partial charge >= 0.3 is 0 Å². The summed E-state index contributed by atoms with van der Waals surface area (Å²) in [6.07, 6.45) is 1.84. The molecule has 178 valence electrons. The van der Waals surface area contributed by atoms with Crippen molar-refractivity contribution in [3.8, 4) is 11.4 Å². The minimum Gasteiger partial charge on any atom is -0.494 e. The fraction of sp³-hybridized carbons (Fsp3) is 0.241. The number of hydrogen-bond donors (Lipinski definition) is 1. The predicted molar refractivity (Wildman–Crippen MR) is 146 cm³/mol. The first-order valence-electron chi connectivity index (χ1n) is 12.0. The molecule has 0 saturated carbocycles. The van der Waals surface area contributed by atoms with Crippen molar-refractivity contribution in [3.05, 3.63) is 107 Å². The lowest BCUT2D eigenvalue weighted by Gasteiger charge is -2.28. The van der Waals surface area contributed by atoms with Gasteiger partial charge in [0.25, 0.3) is 0 Å². The number of aryl methyl sites for hydroxylation is 2. The number of thiocarbonyl (C=S) groups is 1. The Kier molecular flexibility index (Phi) is 6.31. The van der Waals surface area contributed by atoms with Crippen molar-refractivity contribution in [1.29, 1.82) is 0 Å². The normalized spacial score (nSPS) is 17.5. The standard InChI is InChI=1S/C29H30N4OS/c1-5-34-24-14-12-22(13-15-24)33-28(27(31-29(33)35)26-11-6-7-16-30-26)25-18-20(3)32(21(25)4)23-10-8-9-19(2)17-23/h6-18,27-28H,5H2,1-4H3,(H,31,35)/t27-,28-/m1/s1. The number of pyridine rings is 1. The molecule has 6 heteroatoms. The summed E-state index contributed by atoms with van der Waals surface area (Å²) in [5.41, 5.74) is 8.00. The molecule has 4 aromatic rings. The Balaban J connectivity index is 1.64. The molecule has 3 heterocycles. The largest absolute Gasteiger partial charge is 0.494 e. The summed E-state index contributed by atoms with van der Waals surface area (Å²) >= 11 is 5.90. The first-order valence-corrected chi connectivity index (χ1v) is 12.4. The average Bonchev–Trinajstić information content (AvgIpc) is 3.35. The molecule has 2 aromatic carbocycles. The molecule has 1 saturated heterocycles. The Labute approximate surface area is 212 Å². The van der Waals surface area contributed by atoms with E-state index in [-0.39, 0.29) is 12.1 Å². The van der Waals surface area contributed by atoms with Gasteiger partial charge in [-0.1, -0.05) is 18.2 Å². The summed E-state index contributed by atoms with van der Waals surface area (Å²) < 4.78 is 8.00. The van der Waals surface area contributed by atoms with Crippen LogP contribution in [0.5, 0.6) is 5.75 Å². The molecule has 0 bridgehead atoms. The lowest BCUT2D eigenvalue weighted by molar-refractivity contribution is 0.340. The summed E-state index contributed by atoms with van der Waals surface area (Å²) in [5.74, 6) is 0.852. The Hall–Kier alpha value is -3.64. The van der Waals surface area contributed by atoms with E-state index >= 15 is 0 Å². The van der Waals surface area contributed by atoms with Crippen molar-refractivity contribution in [2.75, 3.05) is 11.5 Å². The zero-order valence-corrected chi connectivity index (χ0v) is 21.3. The van der Waals surface area contributed by atoms with E-state index in [0.717, 1.165) is 17.1 Å². The van der Waals surface area contributed by atoms with Gasteiger partial charge in [0.1, 0.15) is 5.75 Å². The zero-order valence-electron chi connectivity index (χ0n) is 20.5. The summed E-state index contributed by atoms with van der Waals surface area (Å²) in [6.45, 7) is 9.11. The van der Waals surface area contributed by atoms with Gasteiger partial charge < -0.3 is 19.5 Å². The number of anilines is 1. The molecule has 0 unspecified atom stereocenters. The molecule has 0 aliphatic carbocycles. The quantitative estimate of drug-likeness (QED) is 0.323. The highest BCUT2D eigenvalue weighted by Crippen LogP contribution is 2.44. The van der Waals surface area contributed by atoms with Gasteiger partial charge in [-0.05, 0) is 106 Å². The maximum Gasteiger partial charge on any atom is 0.174 e. The minimum atomic E-state index is -0.0817. The smallest absolute Gasteiger partial charge is 0.174 e. The van der Waals surface area contributed by atoms with Crippen LogP contribution in [0.15, 0.2) is 79.0 Å². The predicted octanol–water partition coefficient (Wildman–Crippen LogP) is 6.37. The van der Waals surface area contributed by atoms with Gasteiger partial charge in [0, 0.05) is 29.0 Å². The van der Waals surface area contributed by atoms with Crippen LogP contribution in [0.4, 0.5) is 5.69 Å². The molecule has 1 fully saturated rings. The molecule has 2 atom stereocenters. The molecule has 1 aliphatic rings. The first-order chi connectivity index (χ1) is 17.0. The van der Waals surface area contributed by atoms with Crippen molar-refractivity contribution in [1.82, 2.24) is 14.9 Å². The number of nitrogens with zero attached hydrogens (tertiary/aromatic N) is 3. The van der Waals surface area contributed by atoms with E-state index in [2.05, 4.69) is 84.1 Å². The van der Waals surface area contributed by atoms with Crippen LogP contribution in [0.1, 0.15) is 47.2 Å². The van der Waals surface area contributed by atoms with E-state index in [1.165, 1.54) is 28.2 Å². The molecular formula is C29H30N4OS. The van der Waals surface area contributed by atoms with E-state index in [1.807, 2.05) is 37.4 Å². The second-order valence-corrected chi connectivity index (χ2v) is 9.31. The second-order valence-electron chi connectivity index (χ2n) is 8.92. The molecule has 5 rings (SSSR count). The summed E-state index contributed by atoms with van der Waals surface area (Å²) in [7, 11) is 0. The number of aromatic nitrogens is 2. The molecule has 0 amide bonds. The molecule has 0 spiro atoms. The molecule has 1 N–H and O–H groups in total. The topological polar surface area (TPSA) is 42.3 Å². The summed E-state index contributed by atoms with van der Waals surface area (Å²) in [5, 5.41) is 4.26. The summed E-state index contributed by atoms with van der Waals surface area (Å²) in [4.78, 5) is 6.91. The van der Waals surface area contributed by atoms with Gasteiger partial charge in [-0.15, -0.1) is 0 Å².